The van der Waals surface area contributed by atoms with E-state index in [2.05, 4.69) is 31.4 Å². The topological polar surface area (TPSA) is 185 Å². The molecule has 30 heavy (non-hydrogen) atoms. The van der Waals surface area contributed by atoms with Crippen LogP contribution in [0.15, 0.2) is 8.94 Å². The lowest BCUT2D eigenvalue weighted by Gasteiger charge is -2.41. The third-order valence-corrected chi connectivity index (χ3v) is 7.31. The number of amides is 2. The third-order valence-electron chi connectivity index (χ3n) is 4.29. The molecule has 0 aromatic carbocycles. The van der Waals surface area contributed by atoms with Crippen molar-refractivity contribution < 1.29 is 34.2 Å². The molecule has 2 aliphatic rings. The number of carboxylic acids is 2. The van der Waals surface area contributed by atoms with Crippen molar-refractivity contribution in [3.05, 3.63) is 9.48 Å². The number of aliphatic carboxylic acids is 2. The summed E-state index contributed by atoms with van der Waals surface area (Å²) in [5, 5.41) is 23.3. The first kappa shape index (κ1) is 22.3. The van der Waals surface area contributed by atoms with Gasteiger partial charge in [-0.25, -0.2) is 9.78 Å². The predicted octanol–water partition coefficient (Wildman–Crippen LogP) is -0.0752. The zero-order valence-corrected chi connectivity index (χ0v) is 18.7. The van der Waals surface area contributed by atoms with Gasteiger partial charge in [-0.2, -0.15) is 0 Å². The Morgan fingerprint density at radius 1 is 1.40 bits per heavy atom. The average Bonchev–Trinajstić information content (AvgIpc) is 3.20. The summed E-state index contributed by atoms with van der Waals surface area (Å²) < 4.78 is 0.355. The van der Waals surface area contributed by atoms with E-state index in [1.807, 2.05) is 0 Å². The van der Waals surface area contributed by atoms with Gasteiger partial charge < -0.3 is 31.0 Å². The fourth-order valence-electron chi connectivity index (χ4n) is 2.59. The average molecular weight is 522 g/mol. The molecule has 15 heteroatoms. The number of fused-ring (bicyclic) bond motifs is 1. The molecule has 3 heterocycles. The van der Waals surface area contributed by atoms with Crippen molar-refractivity contribution in [2.45, 2.75) is 36.1 Å². The maximum atomic E-state index is 12.9. The number of nitrogen functional groups attached to an aromatic ring is 1. The molecule has 0 aliphatic carbocycles. The van der Waals surface area contributed by atoms with Gasteiger partial charge in [0.2, 0.25) is 11.5 Å². The molecule has 0 spiro atoms. The minimum absolute atomic E-state index is 0.0160. The summed E-state index contributed by atoms with van der Waals surface area (Å²) >= 11 is 5.29. The van der Waals surface area contributed by atoms with Crippen LogP contribution in [0.25, 0.3) is 0 Å². The van der Waals surface area contributed by atoms with Gasteiger partial charge in [0, 0.05) is 6.54 Å². The number of thiazole rings is 1. The molecule has 0 bridgehead atoms. The first-order valence-corrected chi connectivity index (χ1v) is 10.9. The predicted molar refractivity (Wildman–Crippen MR) is 110 cm³/mol. The lowest BCUT2D eigenvalue weighted by atomic mass is 10.1. The number of carboxylic acid groups (broad SMARTS) is 2. The summed E-state index contributed by atoms with van der Waals surface area (Å²) in [6, 6.07) is -0.959. The number of oxime groups is 1. The van der Waals surface area contributed by atoms with Crippen LogP contribution in [0.3, 0.4) is 0 Å². The summed E-state index contributed by atoms with van der Waals surface area (Å²) in [4.78, 5) is 58.0. The van der Waals surface area contributed by atoms with E-state index < -0.39 is 46.0 Å². The highest BCUT2D eigenvalue weighted by molar-refractivity contribution is 9.11. The summed E-state index contributed by atoms with van der Waals surface area (Å²) in [5.74, 6) is -3.62. The fourth-order valence-corrected chi connectivity index (χ4v) is 5.30. The van der Waals surface area contributed by atoms with E-state index in [0.717, 1.165) is 23.1 Å². The Morgan fingerprint density at radius 3 is 2.60 bits per heavy atom. The number of halogens is 1. The molecule has 2 amide bonds. The molecule has 1 aromatic rings. The Hall–Kier alpha value is -2.39. The van der Waals surface area contributed by atoms with Crippen LogP contribution in [0.4, 0.5) is 5.13 Å². The second kappa shape index (κ2) is 8.03. The van der Waals surface area contributed by atoms with Gasteiger partial charge in [0.15, 0.2) is 10.8 Å². The number of thioether (sulfide) groups is 1. The second-order valence-corrected chi connectivity index (χ2v) is 10.5. The zero-order chi connectivity index (χ0) is 22.4. The van der Waals surface area contributed by atoms with Crippen molar-refractivity contribution in [1.29, 1.82) is 0 Å². The van der Waals surface area contributed by atoms with E-state index in [1.54, 1.807) is 0 Å². The third kappa shape index (κ3) is 4.09. The minimum atomic E-state index is -1.74. The van der Waals surface area contributed by atoms with Crippen LogP contribution in [-0.4, -0.2) is 78.4 Å². The lowest BCUT2D eigenvalue weighted by Crippen LogP contribution is -2.67. The van der Waals surface area contributed by atoms with Crippen LogP contribution in [0.1, 0.15) is 19.5 Å². The highest BCUT2D eigenvalue weighted by Gasteiger charge is 2.56. The van der Waals surface area contributed by atoms with Gasteiger partial charge in [-0.3, -0.25) is 14.4 Å². The van der Waals surface area contributed by atoms with Crippen LogP contribution >= 0.6 is 39.0 Å². The van der Waals surface area contributed by atoms with E-state index in [4.69, 9.17) is 15.7 Å². The smallest absolute Gasteiger partial charge is 0.350 e. The monoisotopic (exact) mass is 521 g/mol. The van der Waals surface area contributed by atoms with Crippen molar-refractivity contribution >= 4 is 73.6 Å². The molecule has 0 radical (unpaired) electrons. The summed E-state index contributed by atoms with van der Waals surface area (Å²) in [7, 11) is 0. The van der Waals surface area contributed by atoms with Gasteiger partial charge >= 0.3 is 11.9 Å². The van der Waals surface area contributed by atoms with Crippen molar-refractivity contribution in [3.63, 3.8) is 0 Å². The Morgan fingerprint density at radius 2 is 2.07 bits per heavy atom. The molecule has 3 rings (SSSR count). The van der Waals surface area contributed by atoms with Crippen LogP contribution in [0.2, 0.25) is 0 Å². The van der Waals surface area contributed by atoms with Crippen LogP contribution in [-0.2, 0) is 24.0 Å². The molecule has 2 unspecified atom stereocenters. The number of carbonyl (C=O) groups is 4. The van der Waals surface area contributed by atoms with Gasteiger partial charge in [-0.05, 0) is 29.8 Å². The van der Waals surface area contributed by atoms with Crippen molar-refractivity contribution in [2.75, 3.05) is 12.3 Å². The molecule has 5 N–H and O–H groups in total. The number of nitrogens with two attached hydrogens (primary N) is 1. The molecule has 2 aliphatic heterocycles. The second-order valence-electron chi connectivity index (χ2n) is 6.82. The first-order valence-electron chi connectivity index (χ1n) is 8.33. The van der Waals surface area contributed by atoms with E-state index in [-0.39, 0.29) is 23.1 Å². The highest BCUT2D eigenvalue weighted by Crippen LogP contribution is 2.40. The summed E-state index contributed by atoms with van der Waals surface area (Å²) in [6.07, 6.45) is 0. The van der Waals surface area contributed by atoms with Gasteiger partial charge in [0.25, 0.3) is 5.91 Å². The maximum Gasteiger partial charge on any atom is 0.350 e. The van der Waals surface area contributed by atoms with Crippen LogP contribution < -0.4 is 11.1 Å². The zero-order valence-electron chi connectivity index (χ0n) is 15.5. The standard InChI is InChI=1S/C15H16BrN5O7S2/c1-15(2,13(26)27)28-20-6(5-8(16)30-14(17)19-5)9(22)18-7-10(23)21-3-4(12(24)25)29-11(7)21/h4,7,11H,3H2,1-2H3,(H2,17,19)(H,18,22)(H,24,25)(H,26,27)/b20-6-/t4?,7?,11-/m1/s1. The number of hydrogen-bond acceptors (Lipinski definition) is 10. The maximum absolute atomic E-state index is 12.9. The Kier molecular flexibility index (Phi) is 5.97. The Labute approximate surface area is 185 Å². The number of rotatable bonds is 7. The molecule has 12 nitrogen and oxygen atoms in total. The number of nitrogens with zero attached hydrogens (tertiary/aromatic N) is 3. The van der Waals surface area contributed by atoms with Crippen molar-refractivity contribution in [1.82, 2.24) is 15.2 Å². The molecule has 0 saturated carbocycles. The minimum Gasteiger partial charge on any atom is -0.480 e. The van der Waals surface area contributed by atoms with Gasteiger partial charge in [0.1, 0.15) is 26.1 Å². The number of aromatic nitrogens is 1. The molecule has 1 aromatic heterocycles. The molecule has 3 atom stereocenters. The number of hydrogen-bond donors (Lipinski definition) is 4. The normalized spacial score (nSPS) is 23.6. The summed E-state index contributed by atoms with van der Waals surface area (Å²) in [5.41, 5.74) is 3.56. The van der Waals surface area contributed by atoms with Crippen LogP contribution in [0.5, 0.6) is 0 Å². The van der Waals surface area contributed by atoms with E-state index in [0.29, 0.717) is 3.79 Å². The van der Waals surface area contributed by atoms with Crippen molar-refractivity contribution in [3.8, 4) is 0 Å². The molecule has 2 saturated heterocycles. The van der Waals surface area contributed by atoms with Gasteiger partial charge in [0.05, 0.1) is 0 Å². The van der Waals surface area contributed by atoms with E-state index in [9.17, 15) is 24.3 Å². The Bertz CT molecular complexity index is 965. The molecule has 162 valence electrons. The molecular formula is C15H16BrN5O7S2. The van der Waals surface area contributed by atoms with Crippen LogP contribution in [0, 0.1) is 0 Å². The van der Waals surface area contributed by atoms with Gasteiger partial charge in [-0.1, -0.05) is 16.5 Å². The summed E-state index contributed by atoms with van der Waals surface area (Å²) in [6.45, 7) is 2.54. The number of nitrogens with one attached hydrogen (secondary N) is 1. The quantitative estimate of drug-likeness (QED) is 0.215. The number of anilines is 1. The van der Waals surface area contributed by atoms with Gasteiger partial charge in [-0.15, -0.1) is 11.8 Å². The fraction of sp³-hybridized carbons (Fsp3) is 0.467. The first-order chi connectivity index (χ1) is 13.9. The number of carbonyl (C=O) groups excluding carboxylic acids is 2. The molecule has 2 fully saturated rings. The van der Waals surface area contributed by atoms with E-state index in [1.165, 1.54) is 18.7 Å². The number of β-lactam (4-membered cyclic amide) rings is 1. The Balaban J connectivity index is 1.83. The SMILES string of the molecule is CC(C)(O/N=C(\C(=O)NC1C(=O)N2CC(C(=O)O)S[C@H]12)c1nc(N)sc1Br)C(=O)O. The largest absolute Gasteiger partial charge is 0.480 e. The van der Waals surface area contributed by atoms with E-state index >= 15 is 0 Å². The molecular weight excluding hydrogens is 506 g/mol. The van der Waals surface area contributed by atoms with Crippen molar-refractivity contribution in [2.24, 2.45) is 5.16 Å². The highest BCUT2D eigenvalue weighted by atomic mass is 79.9. The lowest BCUT2D eigenvalue weighted by molar-refractivity contribution is -0.161.